The summed E-state index contributed by atoms with van der Waals surface area (Å²) in [6, 6.07) is 17.7. The molecule has 0 saturated carbocycles. The highest BCUT2D eigenvalue weighted by molar-refractivity contribution is 7.99. The van der Waals surface area contributed by atoms with E-state index in [1.807, 2.05) is 54.6 Å². The van der Waals surface area contributed by atoms with Crippen LogP contribution in [0.25, 0.3) is 10.8 Å². The number of rotatable bonds is 5. The van der Waals surface area contributed by atoms with Gasteiger partial charge >= 0.3 is 0 Å². The lowest BCUT2D eigenvalue weighted by atomic mass is 10.1. The van der Waals surface area contributed by atoms with E-state index >= 15 is 0 Å². The van der Waals surface area contributed by atoms with Gasteiger partial charge in [0.05, 0.1) is 17.8 Å². The van der Waals surface area contributed by atoms with E-state index in [1.165, 1.54) is 11.8 Å². The standard InChI is InChI=1S/C17H15NO2S/c19-17(12-21-11-14-7-4-10-20-14)18-16-9-3-6-13-5-1-2-8-15(13)16/h1-10H,11-12H2,(H,18,19). The topological polar surface area (TPSA) is 42.2 Å². The molecule has 0 aliphatic rings. The summed E-state index contributed by atoms with van der Waals surface area (Å²) in [6.45, 7) is 0. The van der Waals surface area contributed by atoms with Gasteiger partial charge in [-0.25, -0.2) is 0 Å². The average molecular weight is 297 g/mol. The van der Waals surface area contributed by atoms with Crippen molar-refractivity contribution in [3.8, 4) is 0 Å². The molecule has 0 aliphatic carbocycles. The Morgan fingerprint density at radius 1 is 1.05 bits per heavy atom. The number of benzene rings is 2. The molecular weight excluding hydrogens is 282 g/mol. The SMILES string of the molecule is O=C(CSCc1ccco1)Nc1cccc2ccccc12. The molecule has 3 rings (SSSR count). The Labute approximate surface area is 127 Å². The first-order chi connectivity index (χ1) is 10.3. The summed E-state index contributed by atoms with van der Waals surface area (Å²) in [7, 11) is 0. The van der Waals surface area contributed by atoms with E-state index in [-0.39, 0.29) is 5.91 Å². The molecule has 3 aromatic rings. The summed E-state index contributed by atoms with van der Waals surface area (Å²) in [5, 5.41) is 5.16. The first-order valence-electron chi connectivity index (χ1n) is 6.71. The van der Waals surface area contributed by atoms with Crippen molar-refractivity contribution in [3.63, 3.8) is 0 Å². The first kappa shape index (κ1) is 13.8. The minimum Gasteiger partial charge on any atom is -0.468 e. The van der Waals surface area contributed by atoms with Crippen LogP contribution in [0.3, 0.4) is 0 Å². The van der Waals surface area contributed by atoms with Crippen molar-refractivity contribution in [2.24, 2.45) is 0 Å². The molecule has 1 heterocycles. The molecule has 21 heavy (non-hydrogen) atoms. The van der Waals surface area contributed by atoms with Crippen LogP contribution in [0.1, 0.15) is 5.76 Å². The minimum atomic E-state index is 0.00269. The number of hydrogen-bond acceptors (Lipinski definition) is 3. The highest BCUT2D eigenvalue weighted by Gasteiger charge is 2.06. The van der Waals surface area contributed by atoms with Gasteiger partial charge in [-0.2, -0.15) is 0 Å². The molecule has 1 amide bonds. The average Bonchev–Trinajstić information content (AvgIpc) is 3.01. The molecule has 0 bridgehead atoms. The molecule has 0 saturated heterocycles. The second kappa shape index (κ2) is 6.50. The van der Waals surface area contributed by atoms with Crippen molar-refractivity contribution in [1.82, 2.24) is 0 Å². The fourth-order valence-electron chi connectivity index (χ4n) is 2.16. The number of carbonyl (C=O) groups excluding carboxylic acids is 1. The molecule has 2 aromatic carbocycles. The molecule has 0 spiro atoms. The van der Waals surface area contributed by atoms with Crippen LogP contribution >= 0.6 is 11.8 Å². The number of amides is 1. The lowest BCUT2D eigenvalue weighted by Gasteiger charge is -2.08. The van der Waals surface area contributed by atoms with Crippen LogP contribution in [0.2, 0.25) is 0 Å². The molecule has 106 valence electrons. The van der Waals surface area contributed by atoms with E-state index in [1.54, 1.807) is 6.26 Å². The van der Waals surface area contributed by atoms with Crippen LogP contribution < -0.4 is 5.32 Å². The Balaban J connectivity index is 1.61. The fraction of sp³-hybridized carbons (Fsp3) is 0.118. The molecule has 0 atom stereocenters. The summed E-state index contributed by atoms with van der Waals surface area (Å²) in [4.78, 5) is 12.0. The number of thioether (sulfide) groups is 1. The second-order valence-electron chi connectivity index (χ2n) is 4.65. The number of nitrogens with one attached hydrogen (secondary N) is 1. The molecule has 4 heteroatoms. The van der Waals surface area contributed by atoms with Gasteiger partial charge in [0.2, 0.25) is 5.91 Å². The van der Waals surface area contributed by atoms with Gasteiger partial charge < -0.3 is 9.73 Å². The summed E-state index contributed by atoms with van der Waals surface area (Å²) < 4.78 is 5.24. The highest BCUT2D eigenvalue weighted by atomic mass is 32.2. The molecule has 1 aromatic heterocycles. The zero-order chi connectivity index (χ0) is 14.5. The van der Waals surface area contributed by atoms with Crippen LogP contribution in [-0.2, 0) is 10.5 Å². The smallest absolute Gasteiger partial charge is 0.234 e. The molecule has 3 nitrogen and oxygen atoms in total. The fourth-order valence-corrected chi connectivity index (χ4v) is 2.88. The number of carbonyl (C=O) groups is 1. The third-order valence-electron chi connectivity index (χ3n) is 3.12. The summed E-state index contributed by atoms with van der Waals surface area (Å²) in [5.41, 5.74) is 0.858. The second-order valence-corrected chi connectivity index (χ2v) is 5.63. The van der Waals surface area contributed by atoms with Crippen LogP contribution in [0, 0.1) is 0 Å². The lowest BCUT2D eigenvalue weighted by molar-refractivity contribution is -0.113. The van der Waals surface area contributed by atoms with Crippen molar-refractivity contribution >= 4 is 34.1 Å². The monoisotopic (exact) mass is 297 g/mol. The van der Waals surface area contributed by atoms with Crippen molar-refractivity contribution in [2.45, 2.75) is 5.75 Å². The van der Waals surface area contributed by atoms with E-state index < -0.39 is 0 Å². The maximum Gasteiger partial charge on any atom is 0.234 e. The molecule has 1 N–H and O–H groups in total. The van der Waals surface area contributed by atoms with E-state index in [0.29, 0.717) is 11.5 Å². The number of hydrogen-bond donors (Lipinski definition) is 1. The number of fused-ring (bicyclic) bond motifs is 1. The van der Waals surface area contributed by atoms with Crippen LogP contribution in [-0.4, -0.2) is 11.7 Å². The zero-order valence-corrected chi connectivity index (χ0v) is 12.2. The first-order valence-corrected chi connectivity index (χ1v) is 7.86. The van der Waals surface area contributed by atoms with Gasteiger partial charge in [-0.05, 0) is 23.6 Å². The minimum absolute atomic E-state index is 0.00269. The van der Waals surface area contributed by atoms with Crippen molar-refractivity contribution in [3.05, 3.63) is 66.6 Å². The van der Waals surface area contributed by atoms with Gasteiger partial charge in [0.1, 0.15) is 5.76 Å². The van der Waals surface area contributed by atoms with Crippen molar-refractivity contribution in [1.29, 1.82) is 0 Å². The number of furan rings is 1. The largest absolute Gasteiger partial charge is 0.468 e. The van der Waals surface area contributed by atoms with E-state index in [4.69, 9.17) is 4.42 Å². The van der Waals surface area contributed by atoms with E-state index in [9.17, 15) is 4.79 Å². The predicted molar refractivity (Wildman–Crippen MR) is 87.4 cm³/mol. The van der Waals surface area contributed by atoms with Gasteiger partial charge in [-0.3, -0.25) is 4.79 Å². The molecule has 0 fully saturated rings. The zero-order valence-electron chi connectivity index (χ0n) is 11.4. The Bertz CT molecular complexity index is 732. The van der Waals surface area contributed by atoms with Crippen molar-refractivity contribution in [2.75, 3.05) is 11.1 Å². The molecular formula is C17H15NO2S. The molecule has 0 radical (unpaired) electrons. The van der Waals surface area contributed by atoms with Crippen LogP contribution in [0.15, 0.2) is 65.3 Å². The lowest BCUT2D eigenvalue weighted by Crippen LogP contribution is -2.14. The predicted octanol–water partition coefficient (Wildman–Crippen LogP) is 4.30. The number of anilines is 1. The third-order valence-corrected chi connectivity index (χ3v) is 4.08. The normalized spacial score (nSPS) is 10.7. The maximum atomic E-state index is 12.0. The van der Waals surface area contributed by atoms with E-state index in [2.05, 4.69) is 5.32 Å². The summed E-state index contributed by atoms with van der Waals surface area (Å²) in [6.07, 6.45) is 1.64. The van der Waals surface area contributed by atoms with Gasteiger partial charge in [0.15, 0.2) is 0 Å². The van der Waals surface area contributed by atoms with E-state index in [0.717, 1.165) is 22.2 Å². The molecule has 0 aliphatic heterocycles. The van der Waals surface area contributed by atoms with Crippen molar-refractivity contribution < 1.29 is 9.21 Å². The van der Waals surface area contributed by atoms with Gasteiger partial charge in [0, 0.05) is 11.1 Å². The summed E-state index contributed by atoms with van der Waals surface area (Å²) in [5.74, 6) is 2.00. The Hall–Kier alpha value is -2.20. The van der Waals surface area contributed by atoms with Gasteiger partial charge in [-0.15, -0.1) is 11.8 Å². The maximum absolute atomic E-state index is 12.0. The Morgan fingerprint density at radius 2 is 1.90 bits per heavy atom. The van der Waals surface area contributed by atoms with Gasteiger partial charge in [0.25, 0.3) is 0 Å². The summed E-state index contributed by atoms with van der Waals surface area (Å²) >= 11 is 1.54. The van der Waals surface area contributed by atoms with Gasteiger partial charge in [-0.1, -0.05) is 36.4 Å². The van der Waals surface area contributed by atoms with Crippen LogP contribution in [0.4, 0.5) is 5.69 Å². The Morgan fingerprint density at radius 3 is 2.76 bits per heavy atom. The Kier molecular flexibility index (Phi) is 4.26. The quantitative estimate of drug-likeness (QED) is 0.763. The third kappa shape index (κ3) is 3.47. The molecule has 0 unspecified atom stereocenters. The van der Waals surface area contributed by atoms with Crippen LogP contribution in [0.5, 0.6) is 0 Å². The highest BCUT2D eigenvalue weighted by Crippen LogP contribution is 2.23.